The number of ether oxygens (including phenoxy) is 1. The van der Waals surface area contributed by atoms with Crippen LogP contribution in [0.4, 0.5) is 19.3 Å². The second-order valence-corrected chi connectivity index (χ2v) is 6.39. The molecular formula is C18H17F2N3O3. The van der Waals surface area contributed by atoms with Crippen molar-refractivity contribution in [2.24, 2.45) is 0 Å². The van der Waals surface area contributed by atoms with E-state index in [0.29, 0.717) is 0 Å². The Labute approximate surface area is 148 Å². The number of amides is 3. The Hall–Kier alpha value is -3.03. The summed E-state index contributed by atoms with van der Waals surface area (Å²) in [5, 5.41) is 2.70. The maximum absolute atomic E-state index is 12.9. The number of nitrogens with zero attached hydrogens (tertiary/aromatic N) is 2. The Bertz CT molecular complexity index is 810. The number of alkyl halides is 2. The van der Waals surface area contributed by atoms with Crippen LogP contribution < -0.4 is 15.0 Å². The summed E-state index contributed by atoms with van der Waals surface area (Å²) in [6.07, 6.45) is 3.25. The molecule has 2 heterocycles. The number of halogens is 2. The third kappa shape index (κ3) is 3.22. The summed E-state index contributed by atoms with van der Waals surface area (Å²) in [6.45, 7) is 0.769. The van der Waals surface area contributed by atoms with Crippen LogP contribution >= 0.6 is 0 Å². The number of carbonyl (C=O) groups is 2. The number of aromatic nitrogens is 1. The highest BCUT2D eigenvalue weighted by Crippen LogP contribution is 2.32. The van der Waals surface area contributed by atoms with Gasteiger partial charge in [-0.25, -0.2) is 9.69 Å². The molecule has 1 aliphatic heterocycles. The fraction of sp³-hybridized carbons (Fsp3) is 0.278. The molecule has 0 spiro atoms. The van der Waals surface area contributed by atoms with Crippen LogP contribution in [0.5, 0.6) is 5.75 Å². The highest BCUT2D eigenvalue weighted by Gasteiger charge is 2.47. The van der Waals surface area contributed by atoms with Gasteiger partial charge in [0.25, 0.3) is 5.91 Å². The maximum atomic E-state index is 12.9. The molecule has 1 N–H and O–H groups in total. The largest absolute Gasteiger partial charge is 0.435 e. The SMILES string of the molecule is CC(C)(c1ccncc1)C1NC(=O)N(c2ccc(OC(F)F)cc2)C1=O. The zero-order chi connectivity index (χ0) is 18.9. The van der Waals surface area contributed by atoms with Gasteiger partial charge in [-0.15, -0.1) is 0 Å². The van der Waals surface area contributed by atoms with Crippen molar-refractivity contribution in [3.63, 3.8) is 0 Å². The summed E-state index contributed by atoms with van der Waals surface area (Å²) in [6, 6.07) is 7.58. The first-order valence-corrected chi connectivity index (χ1v) is 7.90. The van der Waals surface area contributed by atoms with Crippen LogP contribution in [-0.4, -0.2) is 29.6 Å². The molecule has 136 valence electrons. The molecule has 1 aromatic carbocycles. The van der Waals surface area contributed by atoms with Gasteiger partial charge in [-0.3, -0.25) is 9.78 Å². The molecule has 1 atom stereocenters. The molecule has 3 amide bonds. The Morgan fingerprint density at radius 1 is 1.12 bits per heavy atom. The third-order valence-corrected chi connectivity index (χ3v) is 4.40. The van der Waals surface area contributed by atoms with Gasteiger partial charge in [-0.1, -0.05) is 13.8 Å². The van der Waals surface area contributed by atoms with E-state index in [4.69, 9.17) is 0 Å². The fourth-order valence-corrected chi connectivity index (χ4v) is 2.94. The van der Waals surface area contributed by atoms with E-state index in [9.17, 15) is 18.4 Å². The molecule has 0 saturated carbocycles. The predicted molar refractivity (Wildman–Crippen MR) is 90.1 cm³/mol. The molecule has 0 aliphatic carbocycles. The van der Waals surface area contributed by atoms with Crippen molar-refractivity contribution >= 4 is 17.6 Å². The van der Waals surface area contributed by atoms with Crippen LogP contribution in [0.2, 0.25) is 0 Å². The molecule has 1 aliphatic rings. The Morgan fingerprint density at radius 3 is 2.31 bits per heavy atom. The van der Waals surface area contributed by atoms with Crippen LogP contribution in [0.25, 0.3) is 0 Å². The molecule has 1 aromatic heterocycles. The van der Waals surface area contributed by atoms with Crippen LogP contribution in [0.15, 0.2) is 48.8 Å². The minimum atomic E-state index is -2.94. The lowest BCUT2D eigenvalue weighted by Crippen LogP contribution is -2.46. The second kappa shape index (κ2) is 6.70. The first-order valence-electron chi connectivity index (χ1n) is 7.90. The molecule has 2 aromatic rings. The number of benzene rings is 1. The quantitative estimate of drug-likeness (QED) is 0.831. The zero-order valence-corrected chi connectivity index (χ0v) is 14.1. The first-order chi connectivity index (χ1) is 12.3. The molecule has 0 radical (unpaired) electrons. The monoisotopic (exact) mass is 361 g/mol. The average molecular weight is 361 g/mol. The van der Waals surface area contributed by atoms with Crippen molar-refractivity contribution in [2.45, 2.75) is 31.9 Å². The van der Waals surface area contributed by atoms with E-state index in [1.165, 1.54) is 24.3 Å². The first kappa shape index (κ1) is 17.8. The van der Waals surface area contributed by atoms with Crippen molar-refractivity contribution in [3.8, 4) is 5.75 Å². The van der Waals surface area contributed by atoms with E-state index in [0.717, 1.165) is 10.5 Å². The van der Waals surface area contributed by atoms with Gasteiger partial charge in [0.1, 0.15) is 11.8 Å². The van der Waals surface area contributed by atoms with Gasteiger partial charge in [0.2, 0.25) is 0 Å². The lowest BCUT2D eigenvalue weighted by molar-refractivity contribution is -0.119. The van der Waals surface area contributed by atoms with E-state index in [-0.39, 0.29) is 11.4 Å². The number of hydrogen-bond donors (Lipinski definition) is 1. The smallest absolute Gasteiger partial charge is 0.387 e. The van der Waals surface area contributed by atoms with Gasteiger partial charge in [-0.2, -0.15) is 8.78 Å². The summed E-state index contributed by atoms with van der Waals surface area (Å²) in [5.41, 5.74) is 0.471. The molecule has 0 bridgehead atoms. The Kier molecular flexibility index (Phi) is 4.58. The predicted octanol–water partition coefficient (Wildman–Crippen LogP) is 3.09. The minimum Gasteiger partial charge on any atom is -0.435 e. The molecule has 26 heavy (non-hydrogen) atoms. The summed E-state index contributed by atoms with van der Waals surface area (Å²) >= 11 is 0. The highest BCUT2D eigenvalue weighted by atomic mass is 19.3. The van der Waals surface area contributed by atoms with Gasteiger partial charge in [0, 0.05) is 17.8 Å². The molecule has 1 saturated heterocycles. The Balaban J connectivity index is 1.85. The summed E-state index contributed by atoms with van der Waals surface area (Å²) in [7, 11) is 0. The molecule has 8 heteroatoms. The van der Waals surface area contributed by atoms with E-state index < -0.39 is 30.0 Å². The van der Waals surface area contributed by atoms with Crippen LogP contribution in [0, 0.1) is 0 Å². The summed E-state index contributed by atoms with van der Waals surface area (Å²) in [5.74, 6) is -0.469. The number of urea groups is 1. The topological polar surface area (TPSA) is 71.5 Å². The molecule has 1 unspecified atom stereocenters. The number of imide groups is 1. The fourth-order valence-electron chi connectivity index (χ4n) is 2.94. The van der Waals surface area contributed by atoms with Crippen LogP contribution in [0.1, 0.15) is 19.4 Å². The van der Waals surface area contributed by atoms with E-state index >= 15 is 0 Å². The maximum Gasteiger partial charge on any atom is 0.387 e. The lowest BCUT2D eigenvalue weighted by Gasteiger charge is -2.30. The van der Waals surface area contributed by atoms with Gasteiger partial charge in [-0.05, 0) is 42.0 Å². The van der Waals surface area contributed by atoms with Gasteiger partial charge < -0.3 is 10.1 Å². The Morgan fingerprint density at radius 2 is 1.73 bits per heavy atom. The van der Waals surface area contributed by atoms with E-state index in [2.05, 4.69) is 15.0 Å². The zero-order valence-electron chi connectivity index (χ0n) is 14.1. The molecule has 3 rings (SSSR count). The summed E-state index contributed by atoms with van der Waals surface area (Å²) in [4.78, 5) is 30.2. The van der Waals surface area contributed by atoms with Crippen LogP contribution in [0.3, 0.4) is 0 Å². The molecular weight excluding hydrogens is 344 g/mol. The van der Waals surface area contributed by atoms with Gasteiger partial charge >= 0.3 is 12.6 Å². The van der Waals surface area contributed by atoms with Crippen molar-refractivity contribution < 1.29 is 23.1 Å². The van der Waals surface area contributed by atoms with E-state index in [1.54, 1.807) is 24.5 Å². The minimum absolute atomic E-state index is 0.0514. The summed E-state index contributed by atoms with van der Waals surface area (Å²) < 4.78 is 28.7. The number of hydrogen-bond acceptors (Lipinski definition) is 4. The highest BCUT2D eigenvalue weighted by molar-refractivity contribution is 6.21. The molecule has 6 nitrogen and oxygen atoms in total. The van der Waals surface area contributed by atoms with Crippen molar-refractivity contribution in [2.75, 3.05) is 4.90 Å². The standard InChI is InChI=1S/C18H17F2N3O3/c1-18(2,11-7-9-21-10-8-11)14-15(24)23(17(25)22-14)12-3-5-13(6-4-12)26-16(19)20/h3-10,14,16H,1-2H3,(H,22,25). The van der Waals surface area contributed by atoms with Crippen molar-refractivity contribution in [3.05, 3.63) is 54.4 Å². The number of anilines is 1. The number of rotatable bonds is 5. The molecule has 1 fully saturated rings. The lowest BCUT2D eigenvalue weighted by atomic mass is 9.78. The number of pyridine rings is 1. The van der Waals surface area contributed by atoms with E-state index in [1.807, 2.05) is 13.8 Å². The normalized spacial score (nSPS) is 17.6. The number of carbonyl (C=O) groups excluding carboxylic acids is 2. The van der Waals surface area contributed by atoms with Gasteiger partial charge in [0.15, 0.2) is 0 Å². The van der Waals surface area contributed by atoms with Crippen molar-refractivity contribution in [1.82, 2.24) is 10.3 Å². The average Bonchev–Trinajstić information content (AvgIpc) is 2.91. The third-order valence-electron chi connectivity index (χ3n) is 4.40. The van der Waals surface area contributed by atoms with Crippen LogP contribution in [-0.2, 0) is 10.2 Å². The van der Waals surface area contributed by atoms with Crippen molar-refractivity contribution in [1.29, 1.82) is 0 Å². The van der Waals surface area contributed by atoms with Gasteiger partial charge in [0.05, 0.1) is 5.69 Å². The number of nitrogens with one attached hydrogen (secondary N) is 1. The second-order valence-electron chi connectivity index (χ2n) is 6.39.